The van der Waals surface area contributed by atoms with Crippen molar-refractivity contribution in [1.82, 2.24) is 10.2 Å². The Kier molecular flexibility index (Phi) is 5.27. The molecule has 1 spiro atoms. The predicted octanol–water partition coefficient (Wildman–Crippen LogP) is 2.19. The van der Waals surface area contributed by atoms with Crippen molar-refractivity contribution in [1.29, 1.82) is 0 Å². The molecule has 0 aliphatic carbocycles. The minimum atomic E-state index is -0.336. The van der Waals surface area contributed by atoms with Gasteiger partial charge in [0.05, 0.1) is 7.11 Å². The molecule has 1 aromatic carbocycles. The Morgan fingerprint density at radius 1 is 1.40 bits per heavy atom. The van der Waals surface area contributed by atoms with Gasteiger partial charge in [0, 0.05) is 39.0 Å². The SMILES string of the molecule is COc1ccc(CN2CC[C@@]3(CC(C(=O)NCC(C)C)=NO3)C2)cc1. The third kappa shape index (κ3) is 4.31. The average Bonchev–Trinajstić information content (AvgIpc) is 3.20. The normalized spacial score (nSPS) is 23.0. The van der Waals surface area contributed by atoms with Gasteiger partial charge in [0.15, 0.2) is 5.60 Å². The summed E-state index contributed by atoms with van der Waals surface area (Å²) in [6, 6.07) is 8.13. The number of hydrogen-bond donors (Lipinski definition) is 1. The molecule has 0 radical (unpaired) electrons. The molecule has 136 valence electrons. The second-order valence-corrected chi connectivity index (χ2v) is 7.40. The largest absolute Gasteiger partial charge is 0.497 e. The molecule has 2 aliphatic heterocycles. The van der Waals surface area contributed by atoms with Crippen LogP contribution in [0.2, 0.25) is 0 Å². The summed E-state index contributed by atoms with van der Waals surface area (Å²) >= 11 is 0. The van der Waals surface area contributed by atoms with Gasteiger partial charge in [-0.2, -0.15) is 0 Å². The molecular weight excluding hydrogens is 318 g/mol. The van der Waals surface area contributed by atoms with Gasteiger partial charge in [0.2, 0.25) is 0 Å². The molecule has 0 aromatic heterocycles. The van der Waals surface area contributed by atoms with Crippen LogP contribution in [-0.2, 0) is 16.2 Å². The van der Waals surface area contributed by atoms with Gasteiger partial charge >= 0.3 is 0 Å². The van der Waals surface area contributed by atoms with Gasteiger partial charge in [0.25, 0.3) is 5.91 Å². The van der Waals surface area contributed by atoms with E-state index in [1.54, 1.807) is 7.11 Å². The molecule has 1 atom stereocenters. The Hall–Kier alpha value is -2.08. The van der Waals surface area contributed by atoms with E-state index in [1.165, 1.54) is 5.56 Å². The van der Waals surface area contributed by atoms with E-state index in [0.717, 1.165) is 31.8 Å². The van der Waals surface area contributed by atoms with Gasteiger partial charge in [-0.1, -0.05) is 31.1 Å². The number of hydrogen-bond acceptors (Lipinski definition) is 5. The first kappa shape index (κ1) is 17.7. The monoisotopic (exact) mass is 345 g/mol. The molecule has 1 fully saturated rings. The molecular formula is C19H27N3O3. The van der Waals surface area contributed by atoms with Crippen molar-refractivity contribution in [2.75, 3.05) is 26.7 Å². The second kappa shape index (κ2) is 7.44. The van der Waals surface area contributed by atoms with Crippen LogP contribution in [0.4, 0.5) is 0 Å². The summed E-state index contributed by atoms with van der Waals surface area (Å²) in [6.07, 6.45) is 1.49. The highest BCUT2D eigenvalue weighted by atomic mass is 16.7. The topological polar surface area (TPSA) is 63.2 Å². The van der Waals surface area contributed by atoms with Crippen molar-refractivity contribution in [3.05, 3.63) is 29.8 Å². The summed E-state index contributed by atoms with van der Waals surface area (Å²) in [5.74, 6) is 1.19. The number of carbonyl (C=O) groups is 1. The molecule has 6 heteroatoms. The number of amides is 1. The molecule has 3 rings (SSSR count). The van der Waals surface area contributed by atoms with Gasteiger partial charge in [-0.3, -0.25) is 9.69 Å². The average molecular weight is 345 g/mol. The van der Waals surface area contributed by atoms with E-state index in [0.29, 0.717) is 24.6 Å². The summed E-state index contributed by atoms with van der Waals surface area (Å²) in [5, 5.41) is 6.99. The number of rotatable bonds is 6. The van der Waals surface area contributed by atoms with Gasteiger partial charge in [-0.15, -0.1) is 0 Å². The van der Waals surface area contributed by atoms with Crippen molar-refractivity contribution < 1.29 is 14.4 Å². The lowest BCUT2D eigenvalue weighted by Gasteiger charge is -2.21. The zero-order chi connectivity index (χ0) is 17.9. The van der Waals surface area contributed by atoms with Crippen LogP contribution in [0.15, 0.2) is 29.4 Å². The Labute approximate surface area is 149 Å². The maximum absolute atomic E-state index is 12.2. The molecule has 1 amide bonds. The molecule has 1 saturated heterocycles. The van der Waals surface area contributed by atoms with Crippen LogP contribution in [0, 0.1) is 5.92 Å². The molecule has 0 bridgehead atoms. The summed E-state index contributed by atoms with van der Waals surface area (Å²) in [6.45, 7) is 7.41. The van der Waals surface area contributed by atoms with Gasteiger partial charge in [0.1, 0.15) is 11.5 Å². The highest BCUT2D eigenvalue weighted by Gasteiger charge is 2.46. The number of methoxy groups -OCH3 is 1. The fraction of sp³-hybridized carbons (Fsp3) is 0.579. The molecule has 1 N–H and O–H groups in total. The van der Waals surface area contributed by atoms with Crippen molar-refractivity contribution in [2.24, 2.45) is 11.1 Å². The maximum atomic E-state index is 12.2. The minimum Gasteiger partial charge on any atom is -0.497 e. The summed E-state index contributed by atoms with van der Waals surface area (Å²) in [4.78, 5) is 20.2. The van der Waals surface area contributed by atoms with Gasteiger partial charge in [-0.25, -0.2) is 0 Å². The summed E-state index contributed by atoms with van der Waals surface area (Å²) in [5.41, 5.74) is 1.43. The lowest BCUT2D eigenvalue weighted by molar-refractivity contribution is -0.115. The quantitative estimate of drug-likeness (QED) is 0.858. The molecule has 0 saturated carbocycles. The van der Waals surface area contributed by atoms with E-state index in [4.69, 9.17) is 9.57 Å². The lowest BCUT2D eigenvalue weighted by atomic mass is 9.96. The van der Waals surface area contributed by atoms with E-state index >= 15 is 0 Å². The molecule has 6 nitrogen and oxygen atoms in total. The smallest absolute Gasteiger partial charge is 0.269 e. The van der Waals surface area contributed by atoms with E-state index < -0.39 is 0 Å². The molecule has 2 aliphatic rings. The van der Waals surface area contributed by atoms with Crippen molar-refractivity contribution >= 4 is 11.6 Å². The molecule has 1 aromatic rings. The Bertz CT molecular complexity index is 642. The lowest BCUT2D eigenvalue weighted by Crippen LogP contribution is -2.37. The number of carbonyl (C=O) groups excluding carboxylic acids is 1. The van der Waals surface area contributed by atoms with Crippen molar-refractivity contribution in [2.45, 2.75) is 38.8 Å². The maximum Gasteiger partial charge on any atom is 0.269 e. The third-order valence-corrected chi connectivity index (χ3v) is 4.73. The van der Waals surface area contributed by atoms with Gasteiger partial charge in [-0.05, 0) is 23.6 Å². The van der Waals surface area contributed by atoms with Crippen LogP contribution >= 0.6 is 0 Å². The Morgan fingerprint density at radius 3 is 2.84 bits per heavy atom. The highest BCUT2D eigenvalue weighted by molar-refractivity contribution is 6.39. The summed E-state index contributed by atoms with van der Waals surface area (Å²) < 4.78 is 5.20. The molecule has 0 unspecified atom stereocenters. The van der Waals surface area contributed by atoms with Crippen LogP contribution in [0.3, 0.4) is 0 Å². The molecule has 25 heavy (non-hydrogen) atoms. The van der Waals surface area contributed by atoms with E-state index in [9.17, 15) is 4.79 Å². The van der Waals surface area contributed by atoms with Crippen LogP contribution in [0.1, 0.15) is 32.3 Å². The molecule has 2 heterocycles. The minimum absolute atomic E-state index is 0.0980. The number of benzene rings is 1. The number of nitrogens with one attached hydrogen (secondary N) is 1. The predicted molar refractivity (Wildman–Crippen MR) is 96.6 cm³/mol. The highest BCUT2D eigenvalue weighted by Crippen LogP contribution is 2.34. The van der Waals surface area contributed by atoms with Crippen molar-refractivity contribution in [3.63, 3.8) is 0 Å². The zero-order valence-electron chi connectivity index (χ0n) is 15.2. The number of nitrogens with zero attached hydrogens (tertiary/aromatic N) is 2. The first-order valence-electron chi connectivity index (χ1n) is 8.88. The van der Waals surface area contributed by atoms with E-state index in [-0.39, 0.29) is 11.5 Å². The Balaban J connectivity index is 1.51. The zero-order valence-corrected chi connectivity index (χ0v) is 15.2. The number of ether oxygens (including phenoxy) is 1. The summed E-state index contributed by atoms with van der Waals surface area (Å²) in [7, 11) is 1.67. The fourth-order valence-electron chi connectivity index (χ4n) is 3.31. The first-order valence-corrected chi connectivity index (χ1v) is 8.88. The van der Waals surface area contributed by atoms with E-state index in [2.05, 4.69) is 41.4 Å². The van der Waals surface area contributed by atoms with E-state index in [1.807, 2.05) is 12.1 Å². The van der Waals surface area contributed by atoms with Crippen LogP contribution < -0.4 is 10.1 Å². The number of oxime groups is 1. The van der Waals surface area contributed by atoms with Crippen molar-refractivity contribution in [3.8, 4) is 5.75 Å². The third-order valence-electron chi connectivity index (χ3n) is 4.73. The standard InChI is InChI=1S/C19H27N3O3/c1-14(2)11-20-18(23)17-10-19(25-21-17)8-9-22(13-19)12-15-4-6-16(24-3)7-5-15/h4-7,14H,8-13H2,1-3H3,(H,20,23)/t19-/m1/s1. The second-order valence-electron chi connectivity index (χ2n) is 7.40. The van der Waals surface area contributed by atoms with Crippen LogP contribution in [0.5, 0.6) is 5.75 Å². The van der Waals surface area contributed by atoms with Crippen LogP contribution in [-0.4, -0.2) is 48.9 Å². The first-order chi connectivity index (χ1) is 12.0. The number of likely N-dealkylation sites (tertiary alicyclic amines) is 1. The van der Waals surface area contributed by atoms with Gasteiger partial charge < -0.3 is 14.9 Å². The van der Waals surface area contributed by atoms with Crippen LogP contribution in [0.25, 0.3) is 0 Å². The fourth-order valence-corrected chi connectivity index (χ4v) is 3.31. The Morgan fingerprint density at radius 2 is 2.16 bits per heavy atom.